The Bertz CT molecular complexity index is 463. The number of hydrogen-bond acceptors (Lipinski definition) is 3. The van der Waals surface area contributed by atoms with Crippen LogP contribution in [0.1, 0.15) is 22.8 Å². The molecule has 0 aliphatic rings. The average Bonchev–Trinajstić information content (AvgIpc) is 2.25. The number of alkyl halides is 3. The van der Waals surface area contributed by atoms with Gasteiger partial charge in [-0.15, -0.1) is 0 Å². The molecule has 0 unspecified atom stereocenters. The Balaban J connectivity index is 3.15. The minimum Gasteiger partial charge on any atom is -0.478 e. The molecule has 0 spiro atoms. The molecule has 0 saturated heterocycles. The van der Waals surface area contributed by atoms with Crippen LogP contribution >= 0.6 is 11.6 Å². The SMILES string of the molecule is CCc1c(Cl)cnc(NCC(F)(F)F)c1C(=O)O. The molecule has 0 aromatic carbocycles. The topological polar surface area (TPSA) is 62.2 Å². The van der Waals surface area contributed by atoms with Gasteiger partial charge in [-0.3, -0.25) is 0 Å². The van der Waals surface area contributed by atoms with Gasteiger partial charge in [-0.25, -0.2) is 9.78 Å². The highest BCUT2D eigenvalue weighted by atomic mass is 35.5. The fourth-order valence-electron chi connectivity index (χ4n) is 1.42. The predicted octanol–water partition coefficient (Wildman–Crippen LogP) is 2.97. The molecule has 0 radical (unpaired) electrons. The van der Waals surface area contributed by atoms with Crippen molar-refractivity contribution in [3.05, 3.63) is 22.3 Å². The highest BCUT2D eigenvalue weighted by Crippen LogP contribution is 2.26. The quantitative estimate of drug-likeness (QED) is 0.891. The standard InChI is InChI=1S/C10H10ClF3N2O2/c1-2-5-6(11)3-15-8(7(5)9(17)18)16-4-10(12,13)14/h3H,2,4H2,1H3,(H,15,16)(H,17,18). The van der Waals surface area contributed by atoms with Crippen LogP contribution in [0.15, 0.2) is 6.20 Å². The molecule has 1 heterocycles. The van der Waals surface area contributed by atoms with E-state index in [9.17, 15) is 18.0 Å². The molecular weight excluding hydrogens is 273 g/mol. The van der Waals surface area contributed by atoms with E-state index < -0.39 is 18.7 Å². The first-order chi connectivity index (χ1) is 8.26. The van der Waals surface area contributed by atoms with Crippen molar-refractivity contribution in [2.45, 2.75) is 19.5 Å². The van der Waals surface area contributed by atoms with Crippen LogP contribution in [0.5, 0.6) is 0 Å². The molecule has 100 valence electrons. The second kappa shape index (κ2) is 5.43. The van der Waals surface area contributed by atoms with Gasteiger partial charge in [-0.05, 0) is 12.0 Å². The number of anilines is 1. The fraction of sp³-hybridized carbons (Fsp3) is 0.400. The van der Waals surface area contributed by atoms with E-state index in [1.165, 1.54) is 0 Å². The summed E-state index contributed by atoms with van der Waals surface area (Å²) in [5.74, 6) is -1.70. The molecule has 0 saturated carbocycles. The molecule has 1 aromatic rings. The third kappa shape index (κ3) is 3.49. The molecule has 0 atom stereocenters. The molecule has 1 aromatic heterocycles. The fourth-order valence-corrected chi connectivity index (χ4v) is 1.70. The number of carboxylic acid groups (broad SMARTS) is 1. The molecule has 8 heteroatoms. The first-order valence-corrected chi connectivity index (χ1v) is 5.35. The summed E-state index contributed by atoms with van der Waals surface area (Å²) in [6.07, 6.45) is -3.04. The Labute approximate surface area is 106 Å². The van der Waals surface area contributed by atoms with Gasteiger partial charge < -0.3 is 10.4 Å². The Morgan fingerprint density at radius 1 is 1.56 bits per heavy atom. The van der Waals surface area contributed by atoms with E-state index in [0.29, 0.717) is 0 Å². The maximum absolute atomic E-state index is 12.1. The minimum atomic E-state index is -4.45. The van der Waals surface area contributed by atoms with Crippen LogP contribution in [-0.4, -0.2) is 28.8 Å². The number of hydrogen-bond donors (Lipinski definition) is 2. The Morgan fingerprint density at radius 3 is 2.61 bits per heavy atom. The monoisotopic (exact) mass is 282 g/mol. The van der Waals surface area contributed by atoms with E-state index in [1.807, 2.05) is 5.32 Å². The summed E-state index contributed by atoms with van der Waals surface area (Å²) in [6, 6.07) is 0. The van der Waals surface area contributed by atoms with Crippen molar-refractivity contribution in [3.8, 4) is 0 Å². The van der Waals surface area contributed by atoms with Gasteiger partial charge in [0, 0.05) is 6.20 Å². The van der Waals surface area contributed by atoms with Gasteiger partial charge in [0.05, 0.1) is 5.02 Å². The van der Waals surface area contributed by atoms with Crippen LogP contribution in [0, 0.1) is 0 Å². The molecule has 18 heavy (non-hydrogen) atoms. The number of aromatic nitrogens is 1. The zero-order valence-corrected chi connectivity index (χ0v) is 10.1. The summed E-state index contributed by atoms with van der Waals surface area (Å²) in [5, 5.41) is 11.1. The predicted molar refractivity (Wildman–Crippen MR) is 60.1 cm³/mol. The van der Waals surface area contributed by atoms with E-state index in [0.717, 1.165) is 6.20 Å². The number of halogens is 4. The van der Waals surface area contributed by atoms with Crippen molar-refractivity contribution < 1.29 is 23.1 Å². The van der Waals surface area contributed by atoms with E-state index >= 15 is 0 Å². The molecule has 1 rings (SSSR count). The van der Waals surface area contributed by atoms with Crippen molar-refractivity contribution in [1.82, 2.24) is 4.98 Å². The Hall–Kier alpha value is -1.50. The first-order valence-electron chi connectivity index (χ1n) is 4.97. The largest absolute Gasteiger partial charge is 0.478 e. The first kappa shape index (κ1) is 14.6. The summed E-state index contributed by atoms with van der Waals surface area (Å²) in [7, 11) is 0. The average molecular weight is 283 g/mol. The summed E-state index contributed by atoms with van der Waals surface area (Å²) in [6.45, 7) is 0.298. The number of aromatic carboxylic acids is 1. The van der Waals surface area contributed by atoms with Crippen molar-refractivity contribution in [2.75, 3.05) is 11.9 Å². The third-order valence-corrected chi connectivity index (χ3v) is 2.48. The molecule has 0 aliphatic carbocycles. The summed E-state index contributed by atoms with van der Waals surface area (Å²) in [5.41, 5.74) is -0.0712. The van der Waals surface area contributed by atoms with Crippen LogP contribution in [-0.2, 0) is 6.42 Å². The lowest BCUT2D eigenvalue weighted by molar-refractivity contribution is -0.115. The van der Waals surface area contributed by atoms with E-state index in [-0.39, 0.29) is 28.4 Å². The number of nitrogens with zero attached hydrogens (tertiary/aromatic N) is 1. The molecule has 0 aliphatic heterocycles. The highest BCUT2D eigenvalue weighted by molar-refractivity contribution is 6.31. The lowest BCUT2D eigenvalue weighted by Crippen LogP contribution is -2.23. The molecule has 4 nitrogen and oxygen atoms in total. The van der Waals surface area contributed by atoms with Crippen molar-refractivity contribution >= 4 is 23.4 Å². The lowest BCUT2D eigenvalue weighted by Gasteiger charge is -2.14. The normalized spacial score (nSPS) is 11.4. The Morgan fingerprint density at radius 2 is 2.17 bits per heavy atom. The number of pyridine rings is 1. The number of nitrogens with one attached hydrogen (secondary N) is 1. The van der Waals surface area contributed by atoms with E-state index in [2.05, 4.69) is 4.98 Å². The van der Waals surface area contributed by atoms with Gasteiger partial charge in [0.25, 0.3) is 0 Å². The van der Waals surface area contributed by atoms with E-state index in [4.69, 9.17) is 16.7 Å². The van der Waals surface area contributed by atoms with Gasteiger partial charge in [0.15, 0.2) is 0 Å². The summed E-state index contributed by atoms with van der Waals surface area (Å²) in [4.78, 5) is 14.6. The summed E-state index contributed by atoms with van der Waals surface area (Å²) >= 11 is 5.76. The molecule has 0 fully saturated rings. The summed E-state index contributed by atoms with van der Waals surface area (Å²) < 4.78 is 36.2. The molecule has 0 bridgehead atoms. The van der Waals surface area contributed by atoms with Crippen molar-refractivity contribution in [3.63, 3.8) is 0 Å². The van der Waals surface area contributed by atoms with Gasteiger partial charge in [-0.1, -0.05) is 18.5 Å². The third-order valence-electron chi connectivity index (χ3n) is 2.16. The van der Waals surface area contributed by atoms with Gasteiger partial charge >= 0.3 is 12.1 Å². The van der Waals surface area contributed by atoms with Gasteiger partial charge in [0.1, 0.15) is 17.9 Å². The van der Waals surface area contributed by atoms with Crippen LogP contribution < -0.4 is 5.32 Å². The highest BCUT2D eigenvalue weighted by Gasteiger charge is 2.28. The minimum absolute atomic E-state index is 0.118. The van der Waals surface area contributed by atoms with Crippen molar-refractivity contribution in [2.24, 2.45) is 0 Å². The van der Waals surface area contributed by atoms with Crippen LogP contribution in [0.2, 0.25) is 5.02 Å². The van der Waals surface area contributed by atoms with Crippen LogP contribution in [0.25, 0.3) is 0 Å². The molecular formula is C10H10ClF3N2O2. The van der Waals surface area contributed by atoms with E-state index in [1.54, 1.807) is 6.92 Å². The maximum Gasteiger partial charge on any atom is 0.405 e. The number of rotatable bonds is 4. The number of carbonyl (C=O) groups is 1. The molecule has 0 amide bonds. The molecule has 2 N–H and O–H groups in total. The lowest BCUT2D eigenvalue weighted by atomic mass is 10.1. The van der Waals surface area contributed by atoms with Gasteiger partial charge in [-0.2, -0.15) is 13.2 Å². The van der Waals surface area contributed by atoms with Crippen molar-refractivity contribution in [1.29, 1.82) is 0 Å². The second-order valence-electron chi connectivity index (χ2n) is 3.44. The maximum atomic E-state index is 12.1. The van der Waals surface area contributed by atoms with Crippen LogP contribution in [0.4, 0.5) is 19.0 Å². The Kier molecular flexibility index (Phi) is 4.39. The van der Waals surface area contributed by atoms with Gasteiger partial charge in [0.2, 0.25) is 0 Å². The number of carboxylic acids is 1. The zero-order valence-electron chi connectivity index (χ0n) is 9.31. The zero-order chi connectivity index (χ0) is 13.9. The smallest absolute Gasteiger partial charge is 0.405 e. The second-order valence-corrected chi connectivity index (χ2v) is 3.84. The van der Waals surface area contributed by atoms with Crippen LogP contribution in [0.3, 0.4) is 0 Å².